The molecular formula is C19H36IN7. The van der Waals surface area contributed by atoms with Gasteiger partial charge in [-0.15, -0.1) is 34.2 Å². The summed E-state index contributed by atoms with van der Waals surface area (Å²) in [7, 11) is 1.85. The molecule has 3 rings (SSSR count). The molecule has 0 radical (unpaired) electrons. The van der Waals surface area contributed by atoms with Crippen LogP contribution in [0.15, 0.2) is 4.99 Å². The van der Waals surface area contributed by atoms with Gasteiger partial charge in [0, 0.05) is 58.2 Å². The van der Waals surface area contributed by atoms with E-state index in [4.69, 9.17) is 0 Å². The minimum atomic E-state index is 0. The second-order valence-electron chi connectivity index (χ2n) is 7.79. The molecule has 2 aliphatic heterocycles. The standard InChI is InChI=1S/C19H35N7.HI/c1-15(2)25-13-9-16(10-14-25)22-19(20-3)21-11-8-18-24-23-17-7-5-4-6-12-26(17)18;/h15-16H,4-14H2,1-3H3,(H2,20,21,22);1H. The number of aryl methyl sites for hydroxylation is 1. The van der Waals surface area contributed by atoms with Gasteiger partial charge in [-0.2, -0.15) is 0 Å². The van der Waals surface area contributed by atoms with E-state index in [0.717, 1.165) is 56.6 Å². The molecule has 8 heteroatoms. The molecule has 2 aliphatic rings. The van der Waals surface area contributed by atoms with Crippen LogP contribution in [0.5, 0.6) is 0 Å². The van der Waals surface area contributed by atoms with Crippen LogP contribution in [0.4, 0.5) is 0 Å². The first kappa shape index (κ1) is 22.4. The van der Waals surface area contributed by atoms with Crippen LogP contribution in [0.1, 0.15) is 57.6 Å². The van der Waals surface area contributed by atoms with Crippen molar-refractivity contribution in [2.45, 2.75) is 77.4 Å². The molecule has 7 nitrogen and oxygen atoms in total. The number of hydrogen-bond acceptors (Lipinski definition) is 4. The summed E-state index contributed by atoms with van der Waals surface area (Å²) >= 11 is 0. The lowest BCUT2D eigenvalue weighted by Crippen LogP contribution is -2.50. The quantitative estimate of drug-likeness (QED) is 0.377. The van der Waals surface area contributed by atoms with Gasteiger partial charge >= 0.3 is 0 Å². The number of aliphatic imine (C=N–C) groups is 1. The second-order valence-corrected chi connectivity index (χ2v) is 7.79. The van der Waals surface area contributed by atoms with E-state index in [1.54, 1.807) is 0 Å². The van der Waals surface area contributed by atoms with Crippen LogP contribution in [-0.2, 0) is 19.4 Å². The van der Waals surface area contributed by atoms with E-state index in [-0.39, 0.29) is 24.0 Å². The molecule has 154 valence electrons. The average Bonchev–Trinajstić information content (AvgIpc) is 2.88. The maximum absolute atomic E-state index is 4.41. The van der Waals surface area contributed by atoms with Crippen LogP contribution < -0.4 is 10.6 Å². The number of nitrogens with zero attached hydrogens (tertiary/aromatic N) is 5. The lowest BCUT2D eigenvalue weighted by molar-refractivity contribution is 0.167. The van der Waals surface area contributed by atoms with Crippen LogP contribution in [0.3, 0.4) is 0 Å². The van der Waals surface area contributed by atoms with E-state index >= 15 is 0 Å². The third-order valence-electron chi connectivity index (χ3n) is 5.65. The summed E-state index contributed by atoms with van der Waals surface area (Å²) in [5.74, 6) is 3.18. The zero-order valence-corrected chi connectivity index (χ0v) is 19.4. The molecule has 0 saturated carbocycles. The molecule has 0 spiro atoms. The fraction of sp³-hybridized carbons (Fsp3) is 0.842. The molecule has 0 amide bonds. The maximum Gasteiger partial charge on any atom is 0.191 e. The predicted octanol–water partition coefficient (Wildman–Crippen LogP) is 2.20. The van der Waals surface area contributed by atoms with Crippen LogP contribution >= 0.6 is 24.0 Å². The number of nitrogens with one attached hydrogen (secondary N) is 2. The predicted molar refractivity (Wildman–Crippen MR) is 121 cm³/mol. The lowest BCUT2D eigenvalue weighted by atomic mass is 10.0. The molecule has 3 heterocycles. The Kier molecular flexibility index (Phi) is 9.28. The topological polar surface area (TPSA) is 70.4 Å². The van der Waals surface area contributed by atoms with Gasteiger partial charge in [0.15, 0.2) is 5.96 Å². The number of fused-ring (bicyclic) bond motifs is 1. The zero-order chi connectivity index (χ0) is 18.4. The number of rotatable bonds is 5. The summed E-state index contributed by atoms with van der Waals surface area (Å²) in [6.45, 7) is 8.79. The molecule has 2 N–H and O–H groups in total. The fourth-order valence-electron chi connectivity index (χ4n) is 3.97. The van der Waals surface area contributed by atoms with Crippen molar-refractivity contribution in [3.8, 4) is 0 Å². The Morgan fingerprint density at radius 2 is 1.93 bits per heavy atom. The van der Waals surface area contributed by atoms with Crippen molar-refractivity contribution in [2.24, 2.45) is 4.99 Å². The first-order valence-corrected chi connectivity index (χ1v) is 10.3. The van der Waals surface area contributed by atoms with Crippen LogP contribution in [0, 0.1) is 0 Å². The normalized spacial score (nSPS) is 19.3. The fourth-order valence-corrected chi connectivity index (χ4v) is 3.97. The Balaban J connectivity index is 0.00000261. The molecule has 1 saturated heterocycles. The minimum Gasteiger partial charge on any atom is -0.356 e. The molecule has 27 heavy (non-hydrogen) atoms. The summed E-state index contributed by atoms with van der Waals surface area (Å²) in [4.78, 5) is 6.94. The largest absolute Gasteiger partial charge is 0.356 e. The van der Waals surface area contributed by atoms with Crippen molar-refractivity contribution in [3.05, 3.63) is 11.6 Å². The van der Waals surface area contributed by atoms with E-state index in [0.29, 0.717) is 12.1 Å². The zero-order valence-electron chi connectivity index (χ0n) is 17.1. The number of guanidine groups is 1. The van der Waals surface area contributed by atoms with E-state index in [9.17, 15) is 0 Å². The van der Waals surface area contributed by atoms with Crippen molar-refractivity contribution < 1.29 is 0 Å². The highest BCUT2D eigenvalue weighted by Crippen LogP contribution is 2.15. The van der Waals surface area contributed by atoms with Crippen LogP contribution in [0.2, 0.25) is 0 Å². The van der Waals surface area contributed by atoms with Gasteiger partial charge in [0.25, 0.3) is 0 Å². The number of piperidine rings is 1. The Morgan fingerprint density at radius 1 is 1.15 bits per heavy atom. The van der Waals surface area contributed by atoms with Gasteiger partial charge in [0.05, 0.1) is 0 Å². The van der Waals surface area contributed by atoms with Crippen molar-refractivity contribution in [1.82, 2.24) is 30.3 Å². The van der Waals surface area contributed by atoms with Gasteiger partial charge in [-0.25, -0.2) is 0 Å². The van der Waals surface area contributed by atoms with Gasteiger partial charge in [-0.3, -0.25) is 4.99 Å². The van der Waals surface area contributed by atoms with E-state index in [1.165, 1.54) is 32.1 Å². The smallest absolute Gasteiger partial charge is 0.191 e. The third-order valence-corrected chi connectivity index (χ3v) is 5.65. The van der Waals surface area contributed by atoms with Crippen LogP contribution in [-0.4, -0.2) is 64.4 Å². The Morgan fingerprint density at radius 3 is 2.63 bits per heavy atom. The van der Waals surface area contributed by atoms with Crippen molar-refractivity contribution in [2.75, 3.05) is 26.7 Å². The highest BCUT2D eigenvalue weighted by atomic mass is 127. The summed E-state index contributed by atoms with van der Waals surface area (Å²) in [6.07, 6.45) is 8.09. The number of likely N-dealkylation sites (tertiary alicyclic amines) is 1. The minimum absolute atomic E-state index is 0. The van der Waals surface area contributed by atoms with Crippen molar-refractivity contribution in [3.63, 3.8) is 0 Å². The van der Waals surface area contributed by atoms with Gasteiger partial charge in [0.1, 0.15) is 11.6 Å². The molecule has 0 aromatic carbocycles. The molecule has 0 unspecified atom stereocenters. The maximum atomic E-state index is 4.41. The number of halogens is 1. The van der Waals surface area contributed by atoms with Gasteiger partial charge in [0.2, 0.25) is 0 Å². The molecule has 1 aromatic heterocycles. The number of hydrogen-bond donors (Lipinski definition) is 2. The van der Waals surface area contributed by atoms with E-state index < -0.39 is 0 Å². The SMILES string of the molecule is CN=C(NCCc1nnc2n1CCCCC2)NC1CCN(C(C)C)CC1.I. The average molecular weight is 489 g/mol. The van der Waals surface area contributed by atoms with Gasteiger partial charge < -0.3 is 20.1 Å². The summed E-state index contributed by atoms with van der Waals surface area (Å²) in [5.41, 5.74) is 0. The summed E-state index contributed by atoms with van der Waals surface area (Å²) in [6, 6.07) is 1.16. The molecule has 0 aliphatic carbocycles. The van der Waals surface area contributed by atoms with Crippen LogP contribution in [0.25, 0.3) is 0 Å². The lowest BCUT2D eigenvalue weighted by Gasteiger charge is -2.35. The molecular weight excluding hydrogens is 453 g/mol. The number of aromatic nitrogens is 3. The van der Waals surface area contributed by atoms with E-state index in [2.05, 4.69) is 49.1 Å². The Bertz CT molecular complexity index is 591. The molecule has 1 fully saturated rings. The van der Waals surface area contributed by atoms with Crippen molar-refractivity contribution >= 4 is 29.9 Å². The summed E-state index contributed by atoms with van der Waals surface area (Å²) < 4.78 is 2.33. The third kappa shape index (κ3) is 6.30. The van der Waals surface area contributed by atoms with Gasteiger partial charge in [-0.05, 0) is 39.5 Å². The molecule has 0 atom stereocenters. The Hall–Kier alpha value is -0.900. The molecule has 1 aromatic rings. The highest BCUT2D eigenvalue weighted by Gasteiger charge is 2.21. The summed E-state index contributed by atoms with van der Waals surface area (Å²) in [5, 5.41) is 15.8. The monoisotopic (exact) mass is 489 g/mol. The van der Waals surface area contributed by atoms with Gasteiger partial charge in [-0.1, -0.05) is 6.42 Å². The van der Waals surface area contributed by atoms with E-state index in [1.807, 2.05) is 7.05 Å². The second kappa shape index (κ2) is 11.2. The Labute approximate surface area is 180 Å². The van der Waals surface area contributed by atoms with Crippen molar-refractivity contribution in [1.29, 1.82) is 0 Å². The first-order chi connectivity index (χ1) is 12.7. The first-order valence-electron chi connectivity index (χ1n) is 10.3. The highest BCUT2D eigenvalue weighted by molar-refractivity contribution is 14.0. The molecule has 0 bridgehead atoms.